The summed E-state index contributed by atoms with van der Waals surface area (Å²) >= 11 is 3.13. The fourth-order valence-electron chi connectivity index (χ4n) is 1.88. The van der Waals surface area contributed by atoms with Gasteiger partial charge in [-0.05, 0) is 23.8 Å². The molecule has 2 aromatic rings. The van der Waals surface area contributed by atoms with E-state index in [9.17, 15) is 22.7 Å². The van der Waals surface area contributed by atoms with Crippen molar-refractivity contribution in [3.8, 4) is 0 Å². The number of rotatable bonds is 3. The predicted molar refractivity (Wildman–Crippen MR) is 69.1 cm³/mol. The summed E-state index contributed by atoms with van der Waals surface area (Å²) in [5.41, 5.74) is -0.583. The molecule has 2 rings (SSSR count). The van der Waals surface area contributed by atoms with Gasteiger partial charge in [0.2, 0.25) is 0 Å². The second-order valence-corrected chi connectivity index (χ2v) is 5.15. The molecule has 0 spiro atoms. The highest BCUT2D eigenvalue weighted by molar-refractivity contribution is 9.10. The van der Waals surface area contributed by atoms with Crippen molar-refractivity contribution in [1.29, 1.82) is 0 Å². The highest BCUT2D eigenvalue weighted by Crippen LogP contribution is 2.27. The molecule has 0 aromatic heterocycles. The highest BCUT2D eigenvalue weighted by Gasteiger charge is 2.21. The number of hydrogen-bond donors (Lipinski definition) is 1. The molecule has 0 aliphatic carbocycles. The molecule has 0 radical (unpaired) electrons. The summed E-state index contributed by atoms with van der Waals surface area (Å²) in [6.07, 6.45) is -1.94. The number of benzene rings is 2. The van der Waals surface area contributed by atoms with Gasteiger partial charge in [-0.2, -0.15) is 0 Å². The lowest BCUT2D eigenvalue weighted by molar-refractivity contribution is 0.167. The van der Waals surface area contributed by atoms with Gasteiger partial charge >= 0.3 is 0 Å². The third kappa shape index (κ3) is 3.19. The number of aliphatic hydroxyl groups is 1. The van der Waals surface area contributed by atoms with E-state index >= 15 is 0 Å². The van der Waals surface area contributed by atoms with E-state index in [0.717, 1.165) is 0 Å². The maximum atomic E-state index is 13.5. The first-order valence-electron chi connectivity index (χ1n) is 5.65. The summed E-state index contributed by atoms with van der Waals surface area (Å²) in [4.78, 5) is 0. The van der Waals surface area contributed by atoms with E-state index < -0.39 is 34.9 Å². The van der Waals surface area contributed by atoms with Crippen molar-refractivity contribution < 1.29 is 22.7 Å². The molecule has 0 saturated heterocycles. The molecular weight excluding hydrogens is 340 g/mol. The number of halogens is 5. The zero-order valence-electron chi connectivity index (χ0n) is 10.0. The minimum atomic E-state index is -1.61. The van der Waals surface area contributed by atoms with E-state index in [1.807, 2.05) is 0 Å². The van der Waals surface area contributed by atoms with Gasteiger partial charge in [-0.1, -0.05) is 15.9 Å². The van der Waals surface area contributed by atoms with Crippen LogP contribution in [0.5, 0.6) is 0 Å². The SMILES string of the molecule is OC(Cc1cc(Br)ccc1F)c1c(F)cc(F)cc1F. The summed E-state index contributed by atoms with van der Waals surface area (Å²) in [5.74, 6) is -4.09. The van der Waals surface area contributed by atoms with E-state index in [-0.39, 0.29) is 12.0 Å². The van der Waals surface area contributed by atoms with E-state index in [4.69, 9.17) is 0 Å². The first kappa shape index (κ1) is 15.0. The Hall–Kier alpha value is -1.40. The normalized spacial score (nSPS) is 12.5. The molecule has 20 heavy (non-hydrogen) atoms. The monoisotopic (exact) mass is 348 g/mol. The van der Waals surface area contributed by atoms with Crippen molar-refractivity contribution in [3.63, 3.8) is 0 Å². The van der Waals surface area contributed by atoms with E-state index in [0.29, 0.717) is 16.6 Å². The summed E-state index contributed by atoms with van der Waals surface area (Å²) in [7, 11) is 0. The predicted octanol–water partition coefficient (Wildman–Crippen LogP) is 4.28. The summed E-state index contributed by atoms with van der Waals surface area (Å²) in [6.45, 7) is 0. The lowest BCUT2D eigenvalue weighted by atomic mass is 10.00. The van der Waals surface area contributed by atoms with Gasteiger partial charge in [-0.3, -0.25) is 0 Å². The zero-order valence-corrected chi connectivity index (χ0v) is 11.6. The molecule has 0 aliphatic heterocycles. The van der Waals surface area contributed by atoms with E-state index in [1.165, 1.54) is 18.2 Å². The smallest absolute Gasteiger partial charge is 0.134 e. The van der Waals surface area contributed by atoms with Crippen LogP contribution in [0.1, 0.15) is 17.2 Å². The van der Waals surface area contributed by atoms with Crippen LogP contribution in [-0.4, -0.2) is 5.11 Å². The Labute approximate surface area is 121 Å². The molecule has 2 aromatic carbocycles. The molecule has 106 valence electrons. The number of aliphatic hydroxyl groups excluding tert-OH is 1. The zero-order chi connectivity index (χ0) is 14.9. The largest absolute Gasteiger partial charge is 0.388 e. The number of hydrogen-bond acceptors (Lipinski definition) is 1. The van der Waals surface area contributed by atoms with Crippen LogP contribution in [0.2, 0.25) is 0 Å². The lowest BCUT2D eigenvalue weighted by Crippen LogP contribution is -2.09. The van der Waals surface area contributed by atoms with E-state index in [1.54, 1.807) is 0 Å². The average Bonchev–Trinajstić information content (AvgIpc) is 2.32. The Kier molecular flexibility index (Phi) is 4.45. The van der Waals surface area contributed by atoms with Gasteiger partial charge in [0.05, 0.1) is 11.7 Å². The third-order valence-corrected chi connectivity index (χ3v) is 3.29. The topological polar surface area (TPSA) is 20.2 Å². The summed E-state index contributed by atoms with van der Waals surface area (Å²) in [6, 6.07) is 4.98. The van der Waals surface area contributed by atoms with Gasteiger partial charge in [0, 0.05) is 23.0 Å². The second kappa shape index (κ2) is 5.93. The van der Waals surface area contributed by atoms with Gasteiger partial charge in [0.1, 0.15) is 23.3 Å². The first-order valence-corrected chi connectivity index (χ1v) is 6.44. The Morgan fingerprint density at radius 2 is 1.55 bits per heavy atom. The molecule has 1 N–H and O–H groups in total. The lowest BCUT2D eigenvalue weighted by Gasteiger charge is -2.14. The molecule has 0 saturated carbocycles. The first-order chi connectivity index (χ1) is 9.38. The van der Waals surface area contributed by atoms with Gasteiger partial charge in [-0.25, -0.2) is 17.6 Å². The van der Waals surface area contributed by atoms with Crippen LogP contribution >= 0.6 is 15.9 Å². The van der Waals surface area contributed by atoms with Crippen molar-refractivity contribution in [2.45, 2.75) is 12.5 Å². The molecule has 0 heterocycles. The van der Waals surface area contributed by atoms with Crippen molar-refractivity contribution in [2.75, 3.05) is 0 Å². The minimum absolute atomic E-state index is 0.0926. The average molecular weight is 349 g/mol. The van der Waals surface area contributed by atoms with Crippen LogP contribution in [0.25, 0.3) is 0 Å². The summed E-state index contributed by atoms with van der Waals surface area (Å²) in [5, 5.41) is 9.86. The maximum absolute atomic E-state index is 13.5. The van der Waals surface area contributed by atoms with Crippen LogP contribution in [0.3, 0.4) is 0 Å². The van der Waals surface area contributed by atoms with Crippen LogP contribution in [0, 0.1) is 23.3 Å². The standard InChI is InChI=1S/C14H9BrF4O/c15-8-1-2-10(17)7(3-8)4-13(20)14-11(18)5-9(16)6-12(14)19/h1-3,5-6,13,20H,4H2. The Bertz CT molecular complexity index is 622. The van der Waals surface area contributed by atoms with E-state index in [2.05, 4.69) is 15.9 Å². The van der Waals surface area contributed by atoms with Crippen molar-refractivity contribution in [1.82, 2.24) is 0 Å². The molecule has 1 atom stereocenters. The molecular formula is C14H9BrF4O. The fourth-order valence-corrected chi connectivity index (χ4v) is 2.29. The molecule has 0 aliphatic rings. The van der Waals surface area contributed by atoms with Crippen molar-refractivity contribution in [3.05, 3.63) is 69.2 Å². The summed E-state index contributed by atoms with van der Waals surface area (Å²) < 4.78 is 53.9. The van der Waals surface area contributed by atoms with Crippen LogP contribution in [0.4, 0.5) is 17.6 Å². The molecule has 1 unspecified atom stereocenters. The van der Waals surface area contributed by atoms with Gasteiger partial charge < -0.3 is 5.11 Å². The molecule has 1 nitrogen and oxygen atoms in total. The Balaban J connectivity index is 2.33. The minimum Gasteiger partial charge on any atom is -0.388 e. The second-order valence-electron chi connectivity index (χ2n) is 4.24. The molecule has 0 amide bonds. The van der Waals surface area contributed by atoms with Crippen molar-refractivity contribution in [2.24, 2.45) is 0 Å². The quantitative estimate of drug-likeness (QED) is 0.820. The molecule has 0 fully saturated rings. The van der Waals surface area contributed by atoms with Crippen LogP contribution < -0.4 is 0 Å². The maximum Gasteiger partial charge on any atom is 0.134 e. The fraction of sp³-hybridized carbons (Fsp3) is 0.143. The van der Waals surface area contributed by atoms with Crippen molar-refractivity contribution >= 4 is 15.9 Å². The van der Waals surface area contributed by atoms with Gasteiger partial charge in [0.15, 0.2) is 0 Å². The third-order valence-electron chi connectivity index (χ3n) is 2.80. The Morgan fingerprint density at radius 3 is 2.15 bits per heavy atom. The van der Waals surface area contributed by atoms with Crippen LogP contribution in [0.15, 0.2) is 34.8 Å². The van der Waals surface area contributed by atoms with Gasteiger partial charge in [-0.15, -0.1) is 0 Å². The van der Waals surface area contributed by atoms with Crippen LogP contribution in [-0.2, 0) is 6.42 Å². The highest BCUT2D eigenvalue weighted by atomic mass is 79.9. The molecule has 6 heteroatoms. The Morgan fingerprint density at radius 1 is 0.950 bits per heavy atom. The molecule has 0 bridgehead atoms. The van der Waals surface area contributed by atoms with Gasteiger partial charge in [0.25, 0.3) is 0 Å².